The van der Waals surface area contributed by atoms with E-state index in [1.807, 2.05) is 58.0 Å². The molecule has 0 aliphatic heterocycles. The van der Waals surface area contributed by atoms with Gasteiger partial charge in [0.2, 0.25) is 0 Å². The van der Waals surface area contributed by atoms with Crippen LogP contribution in [-0.2, 0) is 10.0 Å². The highest BCUT2D eigenvalue weighted by molar-refractivity contribution is 7.92. The summed E-state index contributed by atoms with van der Waals surface area (Å²) in [5.74, 6) is -0.144. The maximum atomic E-state index is 13.0. The summed E-state index contributed by atoms with van der Waals surface area (Å²) >= 11 is 0. The number of amides is 1. The van der Waals surface area contributed by atoms with Crippen molar-refractivity contribution in [3.63, 3.8) is 0 Å². The van der Waals surface area contributed by atoms with Gasteiger partial charge in [-0.3, -0.25) is 9.52 Å². The number of benzene rings is 3. The van der Waals surface area contributed by atoms with Crippen molar-refractivity contribution >= 4 is 21.6 Å². The minimum absolute atomic E-state index is 0.0404. The fourth-order valence-electron chi connectivity index (χ4n) is 3.49. The smallest absolute Gasteiger partial charge is 0.261 e. The summed E-state index contributed by atoms with van der Waals surface area (Å²) in [6.45, 7) is 8.00. The first-order chi connectivity index (χ1) is 14.7. The molecule has 6 heteroatoms. The van der Waals surface area contributed by atoms with Crippen LogP contribution in [0.25, 0.3) is 0 Å². The summed E-state index contributed by atoms with van der Waals surface area (Å²) in [4.78, 5) is 13.0. The van der Waals surface area contributed by atoms with Gasteiger partial charge in [-0.25, -0.2) is 8.42 Å². The molecule has 0 heterocycles. The lowest BCUT2D eigenvalue weighted by Gasteiger charge is -2.24. The van der Waals surface area contributed by atoms with Crippen molar-refractivity contribution in [3.8, 4) is 0 Å². The second-order valence-corrected chi connectivity index (χ2v) is 9.74. The molecule has 31 heavy (non-hydrogen) atoms. The molecule has 1 amide bonds. The molecule has 3 aromatic rings. The van der Waals surface area contributed by atoms with Gasteiger partial charge in [0, 0.05) is 11.3 Å². The predicted octanol–water partition coefficient (Wildman–Crippen LogP) is 5.23. The first kappa shape index (κ1) is 22.6. The van der Waals surface area contributed by atoms with Crippen LogP contribution in [0.15, 0.2) is 77.7 Å². The Hall–Kier alpha value is -3.12. The molecule has 0 bridgehead atoms. The normalized spacial score (nSPS) is 12.4. The number of carbonyl (C=O) groups is 1. The number of hydrogen-bond acceptors (Lipinski definition) is 3. The van der Waals surface area contributed by atoms with Crippen LogP contribution in [0, 0.1) is 19.8 Å². The molecule has 0 saturated carbocycles. The van der Waals surface area contributed by atoms with E-state index in [-0.39, 0.29) is 22.8 Å². The summed E-state index contributed by atoms with van der Waals surface area (Å²) in [6, 6.07) is 21.0. The molecule has 1 unspecified atom stereocenters. The summed E-state index contributed by atoms with van der Waals surface area (Å²) < 4.78 is 28.3. The lowest BCUT2D eigenvalue weighted by Crippen LogP contribution is -2.32. The zero-order valence-corrected chi connectivity index (χ0v) is 19.0. The standard InChI is InChI=1S/C25H28N2O3S/c1-17(2)24(23-14-6-5-10-19(23)4)26-25(28)20-11-8-13-22(16-20)31(29,30)27-21-12-7-9-18(3)15-21/h5-17,24,27H,1-4H3,(H,26,28). The Morgan fingerprint density at radius 3 is 2.26 bits per heavy atom. The van der Waals surface area contributed by atoms with Gasteiger partial charge in [-0.15, -0.1) is 0 Å². The second-order valence-electron chi connectivity index (χ2n) is 8.05. The van der Waals surface area contributed by atoms with Gasteiger partial charge in [0.25, 0.3) is 15.9 Å². The van der Waals surface area contributed by atoms with Crippen molar-refractivity contribution in [2.24, 2.45) is 5.92 Å². The van der Waals surface area contributed by atoms with Crippen molar-refractivity contribution in [1.82, 2.24) is 5.32 Å². The van der Waals surface area contributed by atoms with Gasteiger partial charge in [-0.05, 0) is 66.8 Å². The van der Waals surface area contributed by atoms with Crippen LogP contribution in [0.5, 0.6) is 0 Å². The number of rotatable bonds is 7. The Morgan fingerprint density at radius 2 is 1.58 bits per heavy atom. The van der Waals surface area contributed by atoms with E-state index in [1.54, 1.807) is 30.3 Å². The van der Waals surface area contributed by atoms with Gasteiger partial charge in [0.1, 0.15) is 0 Å². The predicted molar refractivity (Wildman–Crippen MR) is 125 cm³/mol. The lowest BCUT2D eigenvalue weighted by atomic mass is 9.92. The number of sulfonamides is 1. The Morgan fingerprint density at radius 1 is 0.871 bits per heavy atom. The minimum Gasteiger partial charge on any atom is -0.345 e. The Labute approximate surface area is 184 Å². The van der Waals surface area contributed by atoms with E-state index in [0.717, 1.165) is 16.7 Å². The highest BCUT2D eigenvalue weighted by Gasteiger charge is 2.22. The molecule has 0 saturated heterocycles. The number of anilines is 1. The lowest BCUT2D eigenvalue weighted by molar-refractivity contribution is 0.0925. The molecule has 1 atom stereocenters. The quantitative estimate of drug-likeness (QED) is 0.532. The number of carbonyl (C=O) groups excluding carboxylic acids is 1. The van der Waals surface area contributed by atoms with E-state index >= 15 is 0 Å². The van der Waals surface area contributed by atoms with E-state index in [1.165, 1.54) is 12.1 Å². The fraction of sp³-hybridized carbons (Fsp3) is 0.240. The van der Waals surface area contributed by atoms with Gasteiger partial charge in [0.05, 0.1) is 10.9 Å². The molecule has 2 N–H and O–H groups in total. The molecular weight excluding hydrogens is 408 g/mol. The molecule has 3 rings (SSSR count). The van der Waals surface area contributed by atoms with Gasteiger partial charge in [-0.1, -0.05) is 56.3 Å². The zero-order valence-electron chi connectivity index (χ0n) is 18.2. The van der Waals surface area contributed by atoms with Crippen LogP contribution in [0.3, 0.4) is 0 Å². The zero-order chi connectivity index (χ0) is 22.6. The summed E-state index contributed by atoms with van der Waals surface area (Å²) in [5, 5.41) is 3.07. The average molecular weight is 437 g/mol. The minimum atomic E-state index is -3.82. The van der Waals surface area contributed by atoms with Crippen LogP contribution >= 0.6 is 0 Å². The summed E-state index contributed by atoms with van der Waals surface area (Å²) in [7, 11) is -3.82. The van der Waals surface area contributed by atoms with Gasteiger partial charge in [0.15, 0.2) is 0 Å². The third-order valence-electron chi connectivity index (χ3n) is 5.15. The molecular formula is C25H28N2O3S. The van der Waals surface area contributed by atoms with E-state index in [0.29, 0.717) is 11.3 Å². The van der Waals surface area contributed by atoms with Crippen LogP contribution in [0.4, 0.5) is 5.69 Å². The third-order valence-corrected chi connectivity index (χ3v) is 6.53. The van der Waals surface area contributed by atoms with Gasteiger partial charge < -0.3 is 5.32 Å². The largest absolute Gasteiger partial charge is 0.345 e. The number of aryl methyl sites for hydroxylation is 2. The first-order valence-corrected chi connectivity index (χ1v) is 11.7. The third kappa shape index (κ3) is 5.52. The fourth-order valence-corrected chi connectivity index (χ4v) is 4.59. The van der Waals surface area contributed by atoms with Gasteiger partial charge in [-0.2, -0.15) is 0 Å². The monoisotopic (exact) mass is 436 g/mol. The second kappa shape index (κ2) is 9.35. The topological polar surface area (TPSA) is 75.3 Å². The van der Waals surface area contributed by atoms with Gasteiger partial charge >= 0.3 is 0 Å². The molecule has 0 aliphatic rings. The number of hydrogen-bond donors (Lipinski definition) is 2. The van der Waals surface area contributed by atoms with Crippen molar-refractivity contribution in [2.45, 2.75) is 38.6 Å². The van der Waals surface area contributed by atoms with E-state index in [2.05, 4.69) is 10.0 Å². The Balaban J connectivity index is 1.84. The van der Waals surface area contributed by atoms with Crippen LogP contribution < -0.4 is 10.0 Å². The van der Waals surface area contributed by atoms with E-state index in [4.69, 9.17) is 0 Å². The van der Waals surface area contributed by atoms with Crippen molar-refractivity contribution in [2.75, 3.05) is 4.72 Å². The molecule has 0 fully saturated rings. The van der Waals surface area contributed by atoms with Crippen molar-refractivity contribution < 1.29 is 13.2 Å². The van der Waals surface area contributed by atoms with Crippen molar-refractivity contribution in [3.05, 3.63) is 95.1 Å². The molecule has 0 spiro atoms. The highest BCUT2D eigenvalue weighted by atomic mass is 32.2. The average Bonchev–Trinajstić information content (AvgIpc) is 2.72. The first-order valence-electron chi connectivity index (χ1n) is 10.2. The molecule has 5 nitrogen and oxygen atoms in total. The highest BCUT2D eigenvalue weighted by Crippen LogP contribution is 2.25. The maximum absolute atomic E-state index is 13.0. The van der Waals surface area contributed by atoms with E-state index in [9.17, 15) is 13.2 Å². The molecule has 0 aliphatic carbocycles. The van der Waals surface area contributed by atoms with Crippen LogP contribution in [0.1, 0.15) is 46.9 Å². The Bertz CT molecular complexity index is 1190. The van der Waals surface area contributed by atoms with Crippen LogP contribution in [0.2, 0.25) is 0 Å². The molecule has 162 valence electrons. The molecule has 3 aromatic carbocycles. The SMILES string of the molecule is Cc1cccc(NS(=O)(=O)c2cccc(C(=O)NC(c3ccccc3C)C(C)C)c2)c1. The number of nitrogens with one attached hydrogen (secondary N) is 2. The molecule has 0 aromatic heterocycles. The Kier molecular flexibility index (Phi) is 6.81. The van der Waals surface area contributed by atoms with E-state index < -0.39 is 10.0 Å². The summed E-state index contributed by atoms with van der Waals surface area (Å²) in [6.07, 6.45) is 0. The molecule has 0 radical (unpaired) electrons. The summed E-state index contributed by atoms with van der Waals surface area (Å²) in [5.41, 5.74) is 3.88. The van der Waals surface area contributed by atoms with Crippen LogP contribution in [-0.4, -0.2) is 14.3 Å². The maximum Gasteiger partial charge on any atom is 0.261 e. The van der Waals surface area contributed by atoms with Crippen molar-refractivity contribution in [1.29, 1.82) is 0 Å².